The van der Waals surface area contributed by atoms with Crippen LogP contribution in [0.5, 0.6) is 0 Å². The third-order valence-electron chi connectivity index (χ3n) is 3.77. The maximum Gasteiger partial charge on any atom is 0.243 e. The van der Waals surface area contributed by atoms with E-state index in [4.69, 9.17) is 5.11 Å². The van der Waals surface area contributed by atoms with Crippen LogP contribution in [0.3, 0.4) is 0 Å². The number of benzene rings is 1. The number of aliphatic hydroxyl groups excluding tert-OH is 1. The average molecular weight is 283 g/mol. The van der Waals surface area contributed by atoms with Crippen LogP contribution >= 0.6 is 0 Å². The van der Waals surface area contributed by atoms with E-state index in [0.29, 0.717) is 5.56 Å². The molecule has 1 aromatic rings. The molecule has 5 heteroatoms. The molecule has 0 spiro atoms. The molecule has 0 amide bonds. The molecule has 0 bridgehead atoms. The zero-order valence-electron chi connectivity index (χ0n) is 11.4. The van der Waals surface area contributed by atoms with Crippen LogP contribution in [-0.4, -0.2) is 29.9 Å². The highest BCUT2D eigenvalue weighted by atomic mass is 32.2. The van der Waals surface area contributed by atoms with Gasteiger partial charge in [0, 0.05) is 12.1 Å². The zero-order chi connectivity index (χ0) is 14.0. The number of hydrogen-bond donors (Lipinski definition) is 1. The van der Waals surface area contributed by atoms with E-state index in [1.807, 2.05) is 13.8 Å². The second kappa shape index (κ2) is 5.61. The molecule has 0 unspecified atom stereocenters. The number of aliphatic hydroxyl groups is 1. The number of nitrogens with zero attached hydrogens (tertiary/aromatic N) is 1. The van der Waals surface area contributed by atoms with Crippen molar-refractivity contribution in [3.05, 3.63) is 29.8 Å². The molecule has 106 valence electrons. The molecule has 0 radical (unpaired) electrons. The lowest BCUT2D eigenvalue weighted by atomic mass is 10.0. The van der Waals surface area contributed by atoms with E-state index in [0.717, 1.165) is 19.3 Å². The summed E-state index contributed by atoms with van der Waals surface area (Å²) < 4.78 is 27.1. The molecular formula is C14H21NO3S. The van der Waals surface area contributed by atoms with E-state index in [1.165, 1.54) is 0 Å². The Labute approximate surface area is 115 Å². The van der Waals surface area contributed by atoms with E-state index in [2.05, 4.69) is 0 Å². The fourth-order valence-corrected chi connectivity index (χ4v) is 4.75. The molecule has 1 N–H and O–H groups in total. The fraction of sp³-hybridized carbons (Fsp3) is 0.571. The quantitative estimate of drug-likeness (QED) is 0.924. The van der Waals surface area contributed by atoms with Gasteiger partial charge in [0.05, 0.1) is 11.5 Å². The van der Waals surface area contributed by atoms with E-state index in [9.17, 15) is 8.42 Å². The monoisotopic (exact) mass is 283 g/mol. The van der Waals surface area contributed by atoms with Gasteiger partial charge in [0.25, 0.3) is 0 Å². The van der Waals surface area contributed by atoms with Crippen LogP contribution in [0.25, 0.3) is 0 Å². The molecule has 1 aromatic carbocycles. The zero-order valence-corrected chi connectivity index (χ0v) is 12.2. The standard InChI is InChI=1S/C14H21NO3S/c1-11-5-3-6-12(2)15(11)19(17,18)14-8-4-7-13(9-14)10-16/h4,7-9,11-12,16H,3,5-6,10H2,1-2H3/t11-,12+. The van der Waals surface area contributed by atoms with Crippen LogP contribution in [0.1, 0.15) is 38.7 Å². The molecule has 2 atom stereocenters. The van der Waals surface area contributed by atoms with Crippen LogP contribution < -0.4 is 0 Å². The Bertz CT molecular complexity index is 531. The van der Waals surface area contributed by atoms with E-state index in [1.54, 1.807) is 28.6 Å². The highest BCUT2D eigenvalue weighted by Gasteiger charge is 2.35. The molecule has 4 nitrogen and oxygen atoms in total. The van der Waals surface area contributed by atoms with Crippen LogP contribution in [0.15, 0.2) is 29.2 Å². The predicted molar refractivity (Wildman–Crippen MR) is 74.2 cm³/mol. The summed E-state index contributed by atoms with van der Waals surface area (Å²) in [5, 5.41) is 9.13. The summed E-state index contributed by atoms with van der Waals surface area (Å²) in [5.74, 6) is 0. The minimum Gasteiger partial charge on any atom is -0.392 e. The first-order valence-corrected chi connectivity index (χ1v) is 8.14. The lowest BCUT2D eigenvalue weighted by molar-refractivity contribution is 0.204. The van der Waals surface area contributed by atoms with E-state index in [-0.39, 0.29) is 23.6 Å². The molecule has 19 heavy (non-hydrogen) atoms. The normalized spacial score (nSPS) is 25.4. The van der Waals surface area contributed by atoms with Crippen molar-refractivity contribution in [3.8, 4) is 0 Å². The maximum absolute atomic E-state index is 12.7. The molecule has 0 saturated carbocycles. The first-order chi connectivity index (χ1) is 8.96. The molecule has 1 heterocycles. The van der Waals surface area contributed by atoms with Gasteiger partial charge in [-0.3, -0.25) is 0 Å². The van der Waals surface area contributed by atoms with Crippen molar-refractivity contribution in [2.75, 3.05) is 0 Å². The Morgan fingerprint density at radius 3 is 2.47 bits per heavy atom. The number of hydrogen-bond acceptors (Lipinski definition) is 3. The van der Waals surface area contributed by atoms with Gasteiger partial charge in [0.2, 0.25) is 10.0 Å². The third-order valence-corrected chi connectivity index (χ3v) is 5.89. The van der Waals surface area contributed by atoms with Crippen LogP contribution in [-0.2, 0) is 16.6 Å². The maximum atomic E-state index is 12.7. The van der Waals surface area contributed by atoms with Crippen molar-refractivity contribution >= 4 is 10.0 Å². The summed E-state index contributed by atoms with van der Waals surface area (Å²) in [5.41, 5.74) is 0.624. The topological polar surface area (TPSA) is 57.6 Å². The summed E-state index contributed by atoms with van der Waals surface area (Å²) in [6.45, 7) is 3.78. The minimum absolute atomic E-state index is 0.0338. The Balaban J connectivity index is 2.40. The SMILES string of the molecule is C[C@@H]1CCC[C@H](C)N1S(=O)(=O)c1cccc(CO)c1. The molecule has 1 saturated heterocycles. The molecule has 1 fully saturated rings. The number of piperidine rings is 1. The smallest absolute Gasteiger partial charge is 0.243 e. The van der Waals surface area contributed by atoms with Gasteiger partial charge in [-0.25, -0.2) is 8.42 Å². The van der Waals surface area contributed by atoms with Gasteiger partial charge in [-0.1, -0.05) is 18.6 Å². The fourth-order valence-electron chi connectivity index (χ4n) is 2.80. The predicted octanol–water partition coefficient (Wildman–Crippen LogP) is 2.13. The van der Waals surface area contributed by atoms with Crippen molar-refractivity contribution in [3.63, 3.8) is 0 Å². The van der Waals surface area contributed by atoms with Crippen LogP contribution in [0.2, 0.25) is 0 Å². The second-order valence-corrected chi connectivity index (χ2v) is 7.11. The van der Waals surface area contributed by atoms with Gasteiger partial charge in [0.1, 0.15) is 0 Å². The highest BCUT2D eigenvalue weighted by Crippen LogP contribution is 2.29. The van der Waals surface area contributed by atoms with Crippen molar-refractivity contribution in [1.29, 1.82) is 0 Å². The van der Waals surface area contributed by atoms with Crippen LogP contribution in [0, 0.1) is 0 Å². The molecule has 1 aliphatic heterocycles. The summed E-state index contributed by atoms with van der Waals surface area (Å²) in [6, 6.07) is 6.63. The van der Waals surface area contributed by atoms with Crippen molar-refractivity contribution in [2.45, 2.75) is 56.7 Å². The van der Waals surface area contributed by atoms with Crippen molar-refractivity contribution in [2.24, 2.45) is 0 Å². The number of sulfonamides is 1. The van der Waals surface area contributed by atoms with E-state index < -0.39 is 10.0 Å². The highest BCUT2D eigenvalue weighted by molar-refractivity contribution is 7.89. The van der Waals surface area contributed by atoms with Gasteiger partial charge in [-0.05, 0) is 44.4 Å². The first kappa shape index (κ1) is 14.5. The number of rotatable bonds is 3. The van der Waals surface area contributed by atoms with E-state index >= 15 is 0 Å². The molecule has 0 aromatic heterocycles. The van der Waals surface area contributed by atoms with Gasteiger partial charge in [-0.2, -0.15) is 4.31 Å². The van der Waals surface area contributed by atoms with Gasteiger partial charge >= 0.3 is 0 Å². The summed E-state index contributed by atoms with van der Waals surface area (Å²) in [7, 11) is -3.47. The lowest BCUT2D eigenvalue weighted by Crippen LogP contribution is -2.47. The summed E-state index contributed by atoms with van der Waals surface area (Å²) >= 11 is 0. The van der Waals surface area contributed by atoms with Gasteiger partial charge in [0.15, 0.2) is 0 Å². The Kier molecular flexibility index (Phi) is 4.28. The molecular weight excluding hydrogens is 262 g/mol. The molecule has 2 rings (SSSR count). The van der Waals surface area contributed by atoms with Crippen molar-refractivity contribution in [1.82, 2.24) is 4.31 Å². The van der Waals surface area contributed by atoms with Gasteiger partial charge in [-0.15, -0.1) is 0 Å². The Morgan fingerprint density at radius 2 is 1.89 bits per heavy atom. The molecule has 0 aliphatic carbocycles. The lowest BCUT2D eigenvalue weighted by Gasteiger charge is -2.37. The average Bonchev–Trinajstić information content (AvgIpc) is 2.38. The minimum atomic E-state index is -3.47. The first-order valence-electron chi connectivity index (χ1n) is 6.70. The third kappa shape index (κ3) is 2.83. The summed E-state index contributed by atoms with van der Waals surface area (Å²) in [6.07, 6.45) is 2.89. The van der Waals surface area contributed by atoms with Crippen LogP contribution in [0.4, 0.5) is 0 Å². The summed E-state index contributed by atoms with van der Waals surface area (Å²) in [4.78, 5) is 0.277. The molecule has 1 aliphatic rings. The Hall–Kier alpha value is -0.910. The largest absolute Gasteiger partial charge is 0.392 e. The Morgan fingerprint density at radius 1 is 1.26 bits per heavy atom. The van der Waals surface area contributed by atoms with Gasteiger partial charge < -0.3 is 5.11 Å². The van der Waals surface area contributed by atoms with Crippen molar-refractivity contribution < 1.29 is 13.5 Å². The second-order valence-electron chi connectivity index (χ2n) is 5.27.